The average Bonchev–Trinajstić information content (AvgIpc) is 3.10. The van der Waals surface area contributed by atoms with Crippen LogP contribution in [-0.4, -0.2) is 9.97 Å². The summed E-state index contributed by atoms with van der Waals surface area (Å²) in [7, 11) is 0. The van der Waals surface area contributed by atoms with Crippen LogP contribution in [0.15, 0.2) is 67.0 Å². The van der Waals surface area contributed by atoms with E-state index in [1.54, 1.807) is 35.5 Å². The number of thiazole rings is 1. The zero-order valence-corrected chi connectivity index (χ0v) is 15.1. The van der Waals surface area contributed by atoms with Crippen molar-refractivity contribution < 1.29 is 17.6 Å². The molecule has 0 fully saturated rings. The molecule has 0 aliphatic rings. The topological polar surface area (TPSA) is 29.0 Å². The third-order valence-electron chi connectivity index (χ3n) is 4.17. The lowest BCUT2D eigenvalue weighted by Gasteiger charge is -2.23. The van der Waals surface area contributed by atoms with Crippen LogP contribution in [0.4, 0.5) is 28.4 Å². The molecule has 0 amide bonds. The van der Waals surface area contributed by atoms with Crippen molar-refractivity contribution in [2.45, 2.75) is 12.7 Å². The molecule has 3 nitrogen and oxygen atoms in total. The van der Waals surface area contributed by atoms with Crippen LogP contribution in [0.25, 0.3) is 10.2 Å². The van der Waals surface area contributed by atoms with Gasteiger partial charge in [0.1, 0.15) is 11.3 Å². The van der Waals surface area contributed by atoms with Crippen LogP contribution in [0, 0.1) is 5.82 Å². The first-order valence-corrected chi connectivity index (χ1v) is 9.12. The second kappa shape index (κ2) is 7.20. The van der Waals surface area contributed by atoms with E-state index in [0.717, 1.165) is 16.8 Å². The number of alkyl halides is 3. The highest BCUT2D eigenvalue weighted by molar-refractivity contribution is 7.22. The summed E-state index contributed by atoms with van der Waals surface area (Å²) < 4.78 is 53.8. The zero-order valence-electron chi connectivity index (χ0n) is 14.3. The quantitative estimate of drug-likeness (QED) is 0.381. The number of anilines is 2. The van der Waals surface area contributed by atoms with Gasteiger partial charge in [-0.25, -0.2) is 9.37 Å². The maximum atomic E-state index is 14.5. The molecule has 0 N–H and O–H groups in total. The van der Waals surface area contributed by atoms with E-state index >= 15 is 0 Å². The van der Waals surface area contributed by atoms with Gasteiger partial charge in [0.05, 0.1) is 28.7 Å². The number of hydrogen-bond donors (Lipinski definition) is 0. The maximum absolute atomic E-state index is 14.5. The molecular formula is C20H13F4N3S. The first-order chi connectivity index (χ1) is 13.4. The lowest BCUT2D eigenvalue weighted by molar-refractivity contribution is -0.137. The monoisotopic (exact) mass is 403 g/mol. The smallest absolute Gasteiger partial charge is 0.311 e. The molecular weight excluding hydrogens is 390 g/mol. The van der Waals surface area contributed by atoms with Crippen LogP contribution >= 0.6 is 11.3 Å². The van der Waals surface area contributed by atoms with Gasteiger partial charge in [-0.2, -0.15) is 13.2 Å². The number of benzene rings is 2. The third kappa shape index (κ3) is 3.68. The van der Waals surface area contributed by atoms with Crippen LogP contribution < -0.4 is 4.90 Å². The maximum Gasteiger partial charge on any atom is 0.416 e. The lowest BCUT2D eigenvalue weighted by Crippen LogP contribution is -2.17. The lowest BCUT2D eigenvalue weighted by atomic mass is 10.1. The van der Waals surface area contributed by atoms with Crippen LogP contribution in [0.2, 0.25) is 0 Å². The molecule has 2 heterocycles. The number of aromatic nitrogens is 2. The fourth-order valence-corrected chi connectivity index (χ4v) is 3.74. The van der Waals surface area contributed by atoms with Gasteiger partial charge in [-0.3, -0.25) is 4.98 Å². The van der Waals surface area contributed by atoms with E-state index in [2.05, 4.69) is 9.97 Å². The van der Waals surface area contributed by atoms with Crippen molar-refractivity contribution in [2.75, 3.05) is 4.90 Å². The van der Waals surface area contributed by atoms with Crippen molar-refractivity contribution in [1.82, 2.24) is 9.97 Å². The second-order valence-corrected chi connectivity index (χ2v) is 7.08. The van der Waals surface area contributed by atoms with Gasteiger partial charge in [-0.05, 0) is 35.9 Å². The molecule has 0 aliphatic heterocycles. The van der Waals surface area contributed by atoms with Gasteiger partial charge in [-0.1, -0.05) is 35.6 Å². The van der Waals surface area contributed by atoms with Gasteiger partial charge in [0.15, 0.2) is 5.13 Å². The Bertz CT molecular complexity index is 1070. The van der Waals surface area contributed by atoms with E-state index < -0.39 is 17.6 Å². The number of para-hydroxylation sites is 1. The van der Waals surface area contributed by atoms with Gasteiger partial charge in [-0.15, -0.1) is 0 Å². The van der Waals surface area contributed by atoms with Crippen molar-refractivity contribution >= 4 is 32.4 Å². The van der Waals surface area contributed by atoms with Crippen molar-refractivity contribution in [1.29, 1.82) is 0 Å². The Kier molecular flexibility index (Phi) is 4.72. The molecule has 0 bridgehead atoms. The van der Waals surface area contributed by atoms with E-state index in [0.29, 0.717) is 21.9 Å². The number of halogens is 4. The minimum atomic E-state index is -4.40. The molecule has 142 valence electrons. The molecule has 0 radical (unpaired) electrons. The van der Waals surface area contributed by atoms with Crippen LogP contribution in [0.3, 0.4) is 0 Å². The largest absolute Gasteiger partial charge is 0.416 e. The van der Waals surface area contributed by atoms with E-state index in [4.69, 9.17) is 0 Å². The molecule has 28 heavy (non-hydrogen) atoms. The Balaban J connectivity index is 1.74. The number of rotatable bonds is 4. The summed E-state index contributed by atoms with van der Waals surface area (Å²) in [6.07, 6.45) is -1.13. The predicted octanol–water partition coefficient (Wildman–Crippen LogP) is 6.19. The molecule has 0 spiro atoms. The molecule has 0 aliphatic carbocycles. The number of nitrogens with zero attached hydrogens (tertiary/aromatic N) is 3. The van der Waals surface area contributed by atoms with Crippen LogP contribution in [0.5, 0.6) is 0 Å². The molecule has 4 aromatic rings. The van der Waals surface area contributed by atoms with Crippen LogP contribution in [-0.2, 0) is 12.7 Å². The van der Waals surface area contributed by atoms with Gasteiger partial charge in [0.25, 0.3) is 0 Å². The fourth-order valence-electron chi connectivity index (χ4n) is 2.79. The number of hydrogen-bond acceptors (Lipinski definition) is 4. The van der Waals surface area contributed by atoms with Gasteiger partial charge >= 0.3 is 6.18 Å². The van der Waals surface area contributed by atoms with E-state index in [9.17, 15) is 17.6 Å². The normalized spacial score (nSPS) is 11.7. The highest BCUT2D eigenvalue weighted by atomic mass is 32.1. The van der Waals surface area contributed by atoms with E-state index in [-0.39, 0.29) is 6.54 Å². The Hall–Kier alpha value is -3.00. The first-order valence-electron chi connectivity index (χ1n) is 8.30. The standard InChI is InChI=1S/C20H13F4N3S/c21-15-3-1-2-4-17(15)27(19-26-16-11-25-10-9-18(16)28-19)12-13-5-7-14(8-6-13)20(22,23)24/h1-11H,12H2. The summed E-state index contributed by atoms with van der Waals surface area (Å²) in [4.78, 5) is 10.2. The summed E-state index contributed by atoms with van der Waals surface area (Å²) >= 11 is 1.36. The molecule has 2 aromatic heterocycles. The average molecular weight is 403 g/mol. The molecule has 0 atom stereocenters. The Morgan fingerprint density at radius 2 is 1.71 bits per heavy atom. The van der Waals surface area contributed by atoms with Gasteiger partial charge in [0, 0.05) is 6.20 Å². The molecule has 2 aromatic carbocycles. The summed E-state index contributed by atoms with van der Waals surface area (Å²) in [6.45, 7) is 0.173. The van der Waals surface area contributed by atoms with Gasteiger partial charge < -0.3 is 4.90 Å². The molecule has 0 unspecified atom stereocenters. The summed E-state index contributed by atoms with van der Waals surface area (Å²) in [5.74, 6) is -0.438. The zero-order chi connectivity index (χ0) is 19.7. The van der Waals surface area contributed by atoms with E-state index in [1.807, 2.05) is 6.07 Å². The molecule has 4 rings (SSSR count). The molecule has 0 saturated heterocycles. The second-order valence-electron chi connectivity index (χ2n) is 6.07. The highest BCUT2D eigenvalue weighted by Crippen LogP contribution is 2.36. The fraction of sp³-hybridized carbons (Fsp3) is 0.100. The van der Waals surface area contributed by atoms with Crippen molar-refractivity contribution in [2.24, 2.45) is 0 Å². The minimum absolute atomic E-state index is 0.173. The summed E-state index contributed by atoms with van der Waals surface area (Å²) in [5, 5.41) is 0.535. The molecule has 8 heteroatoms. The Labute approximate surface area is 161 Å². The number of fused-ring (bicyclic) bond motifs is 1. The van der Waals surface area contributed by atoms with Crippen molar-refractivity contribution in [3.05, 3.63) is 83.9 Å². The van der Waals surface area contributed by atoms with Crippen molar-refractivity contribution in [3.63, 3.8) is 0 Å². The Morgan fingerprint density at radius 3 is 2.39 bits per heavy atom. The Morgan fingerprint density at radius 1 is 0.964 bits per heavy atom. The van der Waals surface area contributed by atoms with Gasteiger partial charge in [0.2, 0.25) is 0 Å². The molecule has 0 saturated carbocycles. The SMILES string of the molecule is Fc1ccccc1N(Cc1ccc(C(F)(F)F)cc1)c1nc2cnccc2s1. The third-order valence-corrected chi connectivity index (χ3v) is 5.23. The number of pyridine rings is 1. The predicted molar refractivity (Wildman–Crippen MR) is 101 cm³/mol. The first kappa shape index (κ1) is 18.4. The minimum Gasteiger partial charge on any atom is -0.311 e. The summed E-state index contributed by atoms with van der Waals surface area (Å²) in [5.41, 5.74) is 0.860. The summed E-state index contributed by atoms with van der Waals surface area (Å²) in [6, 6.07) is 12.9. The highest BCUT2D eigenvalue weighted by Gasteiger charge is 2.30. The van der Waals surface area contributed by atoms with Crippen LogP contribution in [0.1, 0.15) is 11.1 Å². The van der Waals surface area contributed by atoms with E-state index in [1.165, 1.54) is 29.5 Å². The van der Waals surface area contributed by atoms with Crippen molar-refractivity contribution in [3.8, 4) is 0 Å².